The summed E-state index contributed by atoms with van der Waals surface area (Å²) in [5.74, 6) is 0. The van der Waals surface area contributed by atoms with Gasteiger partial charge in [-0.05, 0) is 72.8 Å². The predicted octanol–water partition coefficient (Wildman–Crippen LogP) is 7.16. The first kappa shape index (κ1) is 34.3. The summed E-state index contributed by atoms with van der Waals surface area (Å²) in [5.41, 5.74) is 0. The summed E-state index contributed by atoms with van der Waals surface area (Å²) in [6.45, 7) is 1.32. The van der Waals surface area contributed by atoms with Gasteiger partial charge in [0.05, 0.1) is 15.8 Å². The first-order valence-corrected chi connectivity index (χ1v) is 19.6. The van der Waals surface area contributed by atoms with Gasteiger partial charge in [-0.2, -0.15) is 6.92 Å². The van der Waals surface area contributed by atoms with Gasteiger partial charge in [0.2, 0.25) is 0 Å². The van der Waals surface area contributed by atoms with E-state index in [0.29, 0.717) is 0 Å². The van der Waals surface area contributed by atoms with Crippen molar-refractivity contribution in [2.24, 2.45) is 0 Å². The molecule has 0 aromatic heterocycles. The number of benzene rings is 6. The predicted molar refractivity (Wildman–Crippen MR) is 190 cm³/mol. The summed E-state index contributed by atoms with van der Waals surface area (Å²) < 4.78 is 0. The van der Waals surface area contributed by atoms with E-state index in [4.69, 9.17) is 4.79 Å². The fourth-order valence-corrected chi connectivity index (χ4v) is 9.78. The molecule has 1 nitrogen and oxygen atoms in total. The standard InChI is InChI=1S/2C18H15P.C2H3O.ClH.Pt/c2*1-4-10-16(11-5-1)19(17-12-6-2-7-13-17)18-14-8-3-9-15-18;1-2-3;;/h2*1-15H;1H3;1H;/q;;-1;;+2/p+1. The summed E-state index contributed by atoms with van der Waals surface area (Å²) in [7, 11) is 2.86. The zero-order valence-electron chi connectivity index (χ0n) is 23.9. The van der Waals surface area contributed by atoms with Crippen LogP contribution in [0, 0.1) is 0 Å². The fourth-order valence-electron chi connectivity index (χ4n) is 4.63. The van der Waals surface area contributed by atoms with Crippen LogP contribution in [0.4, 0.5) is 0 Å². The number of halogens is 1. The molecule has 0 atom stereocenters. The molecule has 0 N–H and O–H groups in total. The van der Waals surface area contributed by atoms with Gasteiger partial charge in [0.25, 0.3) is 0 Å². The fraction of sp³-hybridized carbons (Fsp3) is 0.0263. The molecule has 0 heterocycles. The molecule has 6 aromatic carbocycles. The van der Waals surface area contributed by atoms with Gasteiger partial charge in [-0.25, -0.2) is 0 Å². The molecular weight excluding hydrogens is 765 g/mol. The van der Waals surface area contributed by atoms with Gasteiger partial charge < -0.3 is 4.79 Å². The SMILES string of the molecule is C[C-]=O.[Cl][Pt+].c1ccc([PH+](c2ccccc2)c2ccccc2)cc1.c1ccc([PH+](c2ccccc2)c2ccccc2)cc1. The molecule has 5 heteroatoms. The Kier molecular flexibility index (Phi) is 16.5. The van der Waals surface area contributed by atoms with E-state index in [1.165, 1.54) is 45.0 Å². The Morgan fingerprint density at radius 1 is 0.372 bits per heavy atom. The largest absolute Gasteiger partial charge is 0.102 e. The molecular formula is C38H35ClOP2Pt+2. The average Bonchev–Trinajstić information content (AvgIpc) is 3.10. The zero-order chi connectivity index (χ0) is 30.5. The van der Waals surface area contributed by atoms with E-state index in [9.17, 15) is 0 Å². The second-order valence-corrected chi connectivity index (χ2v) is 14.1. The number of carbonyl (C=O) groups excluding carboxylic acids is 1. The minimum atomic E-state index is -0.877. The molecule has 0 saturated heterocycles. The van der Waals surface area contributed by atoms with Crippen molar-refractivity contribution in [3.8, 4) is 0 Å². The van der Waals surface area contributed by atoms with E-state index in [-0.39, 0.29) is 0 Å². The smallest absolute Gasteiger partial charge is 0.0620 e. The monoisotopic (exact) mass is 799 g/mol. The first-order valence-electron chi connectivity index (χ1n) is 13.8. The van der Waals surface area contributed by atoms with Gasteiger partial charge in [-0.15, -0.1) is 0 Å². The van der Waals surface area contributed by atoms with Gasteiger partial charge in [0, 0.05) is 0 Å². The quantitative estimate of drug-likeness (QED) is 0.129. The summed E-state index contributed by atoms with van der Waals surface area (Å²) >= 11 is 1.61. The van der Waals surface area contributed by atoms with Crippen molar-refractivity contribution in [3.63, 3.8) is 0 Å². The molecule has 0 aliphatic carbocycles. The van der Waals surface area contributed by atoms with Crippen LogP contribution in [0.1, 0.15) is 6.92 Å². The summed E-state index contributed by atoms with van der Waals surface area (Å²) in [5, 5.41) is 8.61. The van der Waals surface area contributed by atoms with E-state index >= 15 is 0 Å². The number of hydrogen-bond acceptors (Lipinski definition) is 1. The molecule has 6 rings (SSSR count). The Morgan fingerprint density at radius 3 is 0.605 bits per heavy atom. The van der Waals surface area contributed by atoms with Gasteiger partial charge in [-0.1, -0.05) is 109 Å². The van der Waals surface area contributed by atoms with Crippen LogP contribution >= 0.6 is 25.3 Å². The van der Waals surface area contributed by atoms with Crippen LogP contribution < -0.4 is 31.8 Å². The van der Waals surface area contributed by atoms with Crippen LogP contribution in [0.25, 0.3) is 0 Å². The Hall–Kier alpha value is -3.17. The van der Waals surface area contributed by atoms with E-state index < -0.39 is 15.8 Å². The Bertz CT molecular complexity index is 1230. The molecule has 0 radical (unpaired) electrons. The number of rotatable bonds is 6. The average molecular weight is 800 g/mol. The third kappa shape index (κ3) is 11.1. The van der Waals surface area contributed by atoms with Crippen molar-refractivity contribution in [1.82, 2.24) is 0 Å². The van der Waals surface area contributed by atoms with E-state index in [1.54, 1.807) is 18.8 Å². The van der Waals surface area contributed by atoms with Crippen molar-refractivity contribution in [1.29, 1.82) is 0 Å². The van der Waals surface area contributed by atoms with Gasteiger partial charge >= 0.3 is 28.2 Å². The van der Waals surface area contributed by atoms with Gasteiger partial charge in [-0.3, -0.25) is 6.29 Å². The maximum atomic E-state index is 8.68. The third-order valence-corrected chi connectivity index (χ3v) is 11.8. The third-order valence-electron chi connectivity index (χ3n) is 6.37. The minimum absolute atomic E-state index is 0.877. The molecule has 6 aromatic rings. The summed E-state index contributed by atoms with van der Waals surface area (Å²) in [6, 6.07) is 65.0. The molecule has 0 amide bonds. The molecule has 0 fully saturated rings. The Labute approximate surface area is 274 Å². The molecule has 0 saturated carbocycles. The van der Waals surface area contributed by atoms with E-state index in [0.717, 1.165) is 0 Å². The molecule has 0 spiro atoms. The summed E-state index contributed by atoms with van der Waals surface area (Å²) in [6.07, 6.45) is 1.50. The van der Waals surface area contributed by atoms with Gasteiger partial charge in [0.15, 0.2) is 0 Å². The summed E-state index contributed by atoms with van der Waals surface area (Å²) in [4.78, 5) is 8.68. The molecule has 218 valence electrons. The van der Waals surface area contributed by atoms with Crippen molar-refractivity contribution in [2.45, 2.75) is 6.92 Å². The maximum Gasteiger partial charge on any atom is 0.102 e. The van der Waals surface area contributed by atoms with Crippen LogP contribution in [0.2, 0.25) is 0 Å². The van der Waals surface area contributed by atoms with Crippen molar-refractivity contribution in [2.75, 3.05) is 0 Å². The molecule has 0 unspecified atom stereocenters. The van der Waals surface area contributed by atoms with Crippen LogP contribution in [-0.4, -0.2) is 6.29 Å². The second kappa shape index (κ2) is 20.7. The normalized spacial score (nSPS) is 9.81. The van der Waals surface area contributed by atoms with Crippen LogP contribution in [-0.2, 0) is 23.6 Å². The topological polar surface area (TPSA) is 17.1 Å². The number of hydrogen-bond donors (Lipinski definition) is 0. The van der Waals surface area contributed by atoms with E-state index in [2.05, 4.69) is 191 Å². The minimum Gasteiger partial charge on any atom is -0.0620 e. The van der Waals surface area contributed by atoms with Crippen LogP contribution in [0.15, 0.2) is 182 Å². The van der Waals surface area contributed by atoms with Crippen LogP contribution in [0.5, 0.6) is 0 Å². The molecule has 0 bridgehead atoms. The van der Waals surface area contributed by atoms with Crippen molar-refractivity contribution < 1.29 is 23.6 Å². The first-order chi connectivity index (χ1) is 21.3. The molecule has 0 aliphatic heterocycles. The molecule has 0 aliphatic rings. The zero-order valence-corrected chi connectivity index (χ0v) is 29.0. The Morgan fingerprint density at radius 2 is 0.488 bits per heavy atom. The molecule has 43 heavy (non-hydrogen) atoms. The van der Waals surface area contributed by atoms with Crippen LogP contribution in [0.3, 0.4) is 0 Å². The van der Waals surface area contributed by atoms with E-state index in [1.807, 2.05) is 0 Å². The Balaban J connectivity index is 0.000000205. The van der Waals surface area contributed by atoms with Crippen molar-refractivity contribution in [3.05, 3.63) is 182 Å². The van der Waals surface area contributed by atoms with Gasteiger partial charge in [0.1, 0.15) is 31.8 Å². The maximum absolute atomic E-state index is 8.68. The van der Waals surface area contributed by atoms with Crippen molar-refractivity contribution >= 4 is 63.4 Å². The second-order valence-electron chi connectivity index (χ2n) is 9.15.